The van der Waals surface area contributed by atoms with Crippen LogP contribution in [0, 0.1) is 36.5 Å². The largest absolute Gasteiger partial charge is 0.455 e. The standard InChI is InChI=1S/C29H34O2/c1-17-7-6-8-21-11-23-13-25(10-9-20(23)14-26(17)21)29(4,5)31-28(30)16-24-12-22-15-27(24)19(3)18(22)2/h6-11,13-14,18-19,22,24,27H,12,15-16H2,1-5H3. The predicted molar refractivity (Wildman–Crippen MR) is 128 cm³/mol. The Morgan fingerprint density at radius 2 is 1.77 bits per heavy atom. The third-order valence-corrected chi connectivity index (χ3v) is 8.58. The van der Waals surface area contributed by atoms with Crippen LogP contribution in [0.3, 0.4) is 0 Å². The minimum Gasteiger partial charge on any atom is -0.455 e. The van der Waals surface area contributed by atoms with Crippen molar-refractivity contribution in [3.05, 3.63) is 59.7 Å². The third-order valence-electron chi connectivity index (χ3n) is 8.58. The molecule has 0 saturated heterocycles. The molecular formula is C29H34O2. The average molecular weight is 415 g/mol. The second kappa shape index (κ2) is 7.36. The highest BCUT2D eigenvalue weighted by Crippen LogP contribution is 2.56. The smallest absolute Gasteiger partial charge is 0.306 e. The van der Waals surface area contributed by atoms with Gasteiger partial charge in [-0.25, -0.2) is 0 Å². The molecule has 5 rings (SSSR count). The zero-order valence-corrected chi connectivity index (χ0v) is 19.4. The number of rotatable bonds is 4. The van der Waals surface area contributed by atoms with Gasteiger partial charge in [-0.3, -0.25) is 4.79 Å². The fourth-order valence-electron chi connectivity index (χ4n) is 6.48. The summed E-state index contributed by atoms with van der Waals surface area (Å²) in [4.78, 5) is 12.9. The Hall–Kier alpha value is -2.35. The van der Waals surface area contributed by atoms with Gasteiger partial charge in [0, 0.05) is 6.42 Å². The summed E-state index contributed by atoms with van der Waals surface area (Å²) in [7, 11) is 0. The van der Waals surface area contributed by atoms with Crippen molar-refractivity contribution >= 4 is 27.5 Å². The number of esters is 1. The monoisotopic (exact) mass is 414 g/mol. The number of ether oxygens (including phenoxy) is 1. The maximum absolute atomic E-state index is 12.9. The molecule has 2 nitrogen and oxygen atoms in total. The molecule has 2 saturated carbocycles. The Morgan fingerprint density at radius 1 is 0.968 bits per heavy atom. The number of carbonyl (C=O) groups is 1. The molecule has 5 atom stereocenters. The molecule has 0 aliphatic heterocycles. The lowest BCUT2D eigenvalue weighted by atomic mass is 9.74. The summed E-state index contributed by atoms with van der Waals surface area (Å²) in [6, 6.07) is 17.4. The van der Waals surface area contributed by atoms with Crippen LogP contribution >= 0.6 is 0 Å². The first-order valence-corrected chi connectivity index (χ1v) is 11.9. The molecule has 0 spiro atoms. The lowest BCUT2D eigenvalue weighted by molar-refractivity contribution is -0.159. The summed E-state index contributed by atoms with van der Waals surface area (Å²) >= 11 is 0. The second-order valence-corrected chi connectivity index (χ2v) is 10.8. The third kappa shape index (κ3) is 3.54. The van der Waals surface area contributed by atoms with E-state index in [4.69, 9.17) is 4.74 Å². The zero-order chi connectivity index (χ0) is 21.9. The van der Waals surface area contributed by atoms with Gasteiger partial charge in [0.25, 0.3) is 0 Å². The first kappa shape index (κ1) is 20.5. The highest BCUT2D eigenvalue weighted by Gasteiger charge is 2.49. The van der Waals surface area contributed by atoms with E-state index in [0.717, 1.165) is 23.3 Å². The molecule has 0 radical (unpaired) electrons. The summed E-state index contributed by atoms with van der Waals surface area (Å²) < 4.78 is 6.07. The lowest BCUT2D eigenvalue weighted by Crippen LogP contribution is -2.30. The Bertz CT molecular complexity index is 1160. The van der Waals surface area contributed by atoms with Gasteiger partial charge in [0.15, 0.2) is 0 Å². The summed E-state index contributed by atoms with van der Waals surface area (Å²) in [6.07, 6.45) is 3.08. The van der Waals surface area contributed by atoms with Gasteiger partial charge in [0.1, 0.15) is 5.60 Å². The Morgan fingerprint density at radius 3 is 2.52 bits per heavy atom. The Kier molecular flexibility index (Phi) is 4.88. The zero-order valence-electron chi connectivity index (χ0n) is 19.4. The minimum absolute atomic E-state index is 0.0448. The molecule has 2 bridgehead atoms. The summed E-state index contributed by atoms with van der Waals surface area (Å²) in [5.74, 6) is 3.52. The number of hydrogen-bond donors (Lipinski definition) is 0. The number of fused-ring (bicyclic) bond motifs is 4. The maximum Gasteiger partial charge on any atom is 0.306 e. The van der Waals surface area contributed by atoms with Crippen molar-refractivity contribution in [2.75, 3.05) is 0 Å². The first-order chi connectivity index (χ1) is 14.7. The van der Waals surface area contributed by atoms with Crippen LogP contribution in [0.4, 0.5) is 0 Å². The van der Waals surface area contributed by atoms with Crippen molar-refractivity contribution in [1.29, 1.82) is 0 Å². The van der Waals surface area contributed by atoms with Gasteiger partial charge < -0.3 is 4.74 Å². The topological polar surface area (TPSA) is 26.3 Å². The molecule has 0 heterocycles. The molecule has 2 aliphatic carbocycles. The van der Waals surface area contributed by atoms with Crippen molar-refractivity contribution in [2.45, 2.75) is 59.5 Å². The molecule has 5 unspecified atom stereocenters. The van der Waals surface area contributed by atoms with E-state index in [0.29, 0.717) is 18.3 Å². The molecular weight excluding hydrogens is 380 g/mol. The molecule has 0 amide bonds. The van der Waals surface area contributed by atoms with Gasteiger partial charge in [-0.05, 0) is 114 Å². The van der Waals surface area contributed by atoms with Crippen molar-refractivity contribution < 1.29 is 9.53 Å². The van der Waals surface area contributed by atoms with E-state index in [1.54, 1.807) is 0 Å². The highest BCUT2D eigenvalue weighted by molar-refractivity contribution is 5.99. The second-order valence-electron chi connectivity index (χ2n) is 10.8. The SMILES string of the molecule is Cc1cccc2cc3cc(C(C)(C)OC(=O)CC4CC5CC4C(C)C5C)ccc3cc12. The Labute approximate surface area is 186 Å². The molecule has 162 valence electrons. The number of carbonyl (C=O) groups excluding carboxylic acids is 1. The van der Waals surface area contributed by atoms with Gasteiger partial charge >= 0.3 is 5.97 Å². The molecule has 2 fully saturated rings. The van der Waals surface area contributed by atoms with Gasteiger partial charge in [0.2, 0.25) is 0 Å². The maximum atomic E-state index is 12.9. The van der Waals surface area contributed by atoms with Gasteiger partial charge in [-0.2, -0.15) is 0 Å². The summed E-state index contributed by atoms with van der Waals surface area (Å²) in [5, 5.41) is 4.95. The van der Waals surface area contributed by atoms with Crippen molar-refractivity contribution in [1.82, 2.24) is 0 Å². The molecule has 0 N–H and O–H groups in total. The van der Waals surface area contributed by atoms with Crippen LogP contribution in [0.1, 0.15) is 58.1 Å². The highest BCUT2D eigenvalue weighted by atomic mass is 16.6. The Balaban J connectivity index is 1.35. The van der Waals surface area contributed by atoms with Crippen LogP contribution in [-0.2, 0) is 15.1 Å². The van der Waals surface area contributed by atoms with E-state index < -0.39 is 5.60 Å². The molecule has 3 aromatic rings. The predicted octanol–water partition coefficient (Wildman–Crippen LogP) is 7.40. The van der Waals surface area contributed by atoms with E-state index in [-0.39, 0.29) is 5.97 Å². The van der Waals surface area contributed by atoms with Crippen molar-refractivity contribution in [2.24, 2.45) is 29.6 Å². The quantitative estimate of drug-likeness (QED) is 0.328. The van der Waals surface area contributed by atoms with E-state index in [2.05, 4.69) is 69.3 Å². The normalized spacial score (nSPS) is 27.8. The minimum atomic E-state index is -0.636. The van der Waals surface area contributed by atoms with Crippen LogP contribution < -0.4 is 0 Å². The van der Waals surface area contributed by atoms with Gasteiger partial charge in [0.05, 0.1) is 0 Å². The fraction of sp³-hybridized carbons (Fsp3) is 0.483. The first-order valence-electron chi connectivity index (χ1n) is 11.9. The van der Waals surface area contributed by atoms with Gasteiger partial charge in [-0.15, -0.1) is 0 Å². The van der Waals surface area contributed by atoms with Crippen molar-refractivity contribution in [3.63, 3.8) is 0 Å². The van der Waals surface area contributed by atoms with Crippen molar-refractivity contribution in [3.8, 4) is 0 Å². The van der Waals surface area contributed by atoms with E-state index >= 15 is 0 Å². The molecule has 2 aliphatic rings. The van der Waals surface area contributed by atoms with E-state index in [1.165, 1.54) is 39.9 Å². The fourth-order valence-corrected chi connectivity index (χ4v) is 6.48. The molecule has 3 aromatic carbocycles. The summed E-state index contributed by atoms with van der Waals surface area (Å²) in [6.45, 7) is 10.9. The average Bonchev–Trinajstić information content (AvgIpc) is 3.25. The number of aryl methyl sites for hydroxylation is 1. The summed E-state index contributed by atoms with van der Waals surface area (Å²) in [5.41, 5.74) is 1.71. The van der Waals surface area contributed by atoms with Crippen LogP contribution in [-0.4, -0.2) is 5.97 Å². The van der Waals surface area contributed by atoms with Gasteiger partial charge in [-0.1, -0.05) is 44.2 Å². The van der Waals surface area contributed by atoms with E-state index in [9.17, 15) is 4.79 Å². The van der Waals surface area contributed by atoms with Crippen LogP contribution in [0.25, 0.3) is 21.5 Å². The van der Waals surface area contributed by atoms with Crippen LogP contribution in [0.5, 0.6) is 0 Å². The number of hydrogen-bond acceptors (Lipinski definition) is 2. The molecule has 2 heteroatoms. The molecule has 0 aromatic heterocycles. The van der Waals surface area contributed by atoms with Crippen LogP contribution in [0.2, 0.25) is 0 Å². The van der Waals surface area contributed by atoms with Crippen LogP contribution in [0.15, 0.2) is 48.5 Å². The molecule has 31 heavy (non-hydrogen) atoms. The van der Waals surface area contributed by atoms with E-state index in [1.807, 2.05) is 13.8 Å². The lowest BCUT2D eigenvalue weighted by Gasteiger charge is -2.32. The number of benzene rings is 3.